The van der Waals surface area contributed by atoms with Crippen molar-refractivity contribution in [3.8, 4) is 22.4 Å². The molecule has 7 heteroatoms. The standard InChI is InChI=1S/C24H25FN6/c25-20-9-7-18(8-10-20)23-22(24(31-30-23)28-13-4-12-26)19-11-14-27-21(15-19)29-16-17-5-2-1-3-6-17/h1-3,5-11,14-15H,4,12-13,16,26H2,(H,27,29)(H2,28,30,31). The highest BCUT2D eigenvalue weighted by atomic mass is 19.1. The van der Waals surface area contributed by atoms with E-state index in [1.54, 1.807) is 18.3 Å². The first kappa shape index (κ1) is 20.6. The number of H-pyrrole nitrogens is 1. The molecule has 2 heterocycles. The molecule has 0 saturated heterocycles. The second-order valence-corrected chi connectivity index (χ2v) is 7.17. The Morgan fingerprint density at radius 1 is 0.935 bits per heavy atom. The van der Waals surface area contributed by atoms with Gasteiger partial charge >= 0.3 is 0 Å². The van der Waals surface area contributed by atoms with Crippen LogP contribution in [0.4, 0.5) is 16.0 Å². The maximum atomic E-state index is 13.4. The summed E-state index contributed by atoms with van der Waals surface area (Å²) in [5.74, 6) is 1.22. The van der Waals surface area contributed by atoms with Crippen LogP contribution in [0.5, 0.6) is 0 Å². The Labute approximate surface area is 180 Å². The van der Waals surface area contributed by atoms with Gasteiger partial charge in [0.25, 0.3) is 0 Å². The molecule has 0 bridgehead atoms. The van der Waals surface area contributed by atoms with E-state index < -0.39 is 0 Å². The highest BCUT2D eigenvalue weighted by Gasteiger charge is 2.17. The summed E-state index contributed by atoms with van der Waals surface area (Å²) in [7, 11) is 0. The maximum Gasteiger partial charge on any atom is 0.156 e. The maximum absolute atomic E-state index is 13.4. The third-order valence-corrected chi connectivity index (χ3v) is 4.94. The van der Waals surface area contributed by atoms with Crippen LogP contribution in [0.15, 0.2) is 72.9 Å². The van der Waals surface area contributed by atoms with Gasteiger partial charge in [0.1, 0.15) is 11.6 Å². The Balaban J connectivity index is 1.66. The van der Waals surface area contributed by atoms with Crippen molar-refractivity contribution >= 4 is 11.6 Å². The fraction of sp³-hybridized carbons (Fsp3) is 0.167. The number of rotatable bonds is 9. The van der Waals surface area contributed by atoms with E-state index in [0.29, 0.717) is 19.6 Å². The third kappa shape index (κ3) is 5.07. The van der Waals surface area contributed by atoms with Gasteiger partial charge in [-0.15, -0.1) is 0 Å². The number of anilines is 2. The van der Waals surface area contributed by atoms with Gasteiger partial charge in [0.2, 0.25) is 0 Å². The van der Waals surface area contributed by atoms with Gasteiger partial charge in [-0.1, -0.05) is 30.3 Å². The van der Waals surface area contributed by atoms with Gasteiger partial charge in [-0.05, 0) is 60.5 Å². The van der Waals surface area contributed by atoms with Crippen molar-refractivity contribution in [3.63, 3.8) is 0 Å². The van der Waals surface area contributed by atoms with Gasteiger partial charge in [-0.3, -0.25) is 5.10 Å². The summed E-state index contributed by atoms with van der Waals surface area (Å²) < 4.78 is 13.4. The van der Waals surface area contributed by atoms with E-state index in [9.17, 15) is 4.39 Å². The number of nitrogens with two attached hydrogens (primary N) is 1. The minimum absolute atomic E-state index is 0.276. The van der Waals surface area contributed by atoms with E-state index in [-0.39, 0.29) is 5.82 Å². The molecule has 0 radical (unpaired) electrons. The monoisotopic (exact) mass is 416 g/mol. The molecule has 6 nitrogen and oxygen atoms in total. The number of nitrogens with zero attached hydrogens (tertiary/aromatic N) is 2. The SMILES string of the molecule is NCCCNc1n[nH]c(-c2ccc(F)cc2)c1-c1ccnc(NCc2ccccc2)c1. The first-order valence-electron chi connectivity index (χ1n) is 10.3. The molecule has 0 unspecified atom stereocenters. The minimum atomic E-state index is -0.276. The van der Waals surface area contributed by atoms with Crippen LogP contribution in [0.2, 0.25) is 0 Å². The Morgan fingerprint density at radius 3 is 2.52 bits per heavy atom. The minimum Gasteiger partial charge on any atom is -0.368 e. The van der Waals surface area contributed by atoms with Gasteiger partial charge < -0.3 is 16.4 Å². The molecule has 0 amide bonds. The number of aromatic amines is 1. The summed E-state index contributed by atoms with van der Waals surface area (Å²) in [4.78, 5) is 4.46. The number of pyridine rings is 1. The van der Waals surface area contributed by atoms with Crippen molar-refractivity contribution < 1.29 is 4.39 Å². The second kappa shape index (κ2) is 9.86. The predicted molar refractivity (Wildman–Crippen MR) is 123 cm³/mol. The molecule has 4 aromatic rings. The van der Waals surface area contributed by atoms with Crippen LogP contribution < -0.4 is 16.4 Å². The topological polar surface area (TPSA) is 91.6 Å². The smallest absolute Gasteiger partial charge is 0.156 e. The lowest BCUT2D eigenvalue weighted by Crippen LogP contribution is -2.09. The Bertz CT molecular complexity index is 1110. The lowest BCUT2D eigenvalue weighted by molar-refractivity contribution is 0.628. The molecule has 31 heavy (non-hydrogen) atoms. The molecule has 0 spiro atoms. The van der Waals surface area contributed by atoms with E-state index in [1.807, 2.05) is 30.3 Å². The highest BCUT2D eigenvalue weighted by Crippen LogP contribution is 2.36. The third-order valence-electron chi connectivity index (χ3n) is 4.94. The molecular weight excluding hydrogens is 391 g/mol. The van der Waals surface area contributed by atoms with Crippen LogP contribution in [0.1, 0.15) is 12.0 Å². The summed E-state index contributed by atoms with van der Waals surface area (Å²) in [6.07, 6.45) is 2.60. The fourth-order valence-corrected chi connectivity index (χ4v) is 3.36. The molecule has 2 aromatic heterocycles. The summed E-state index contributed by atoms with van der Waals surface area (Å²) in [5.41, 5.74) is 10.3. The second-order valence-electron chi connectivity index (χ2n) is 7.17. The van der Waals surface area contributed by atoms with Crippen molar-refractivity contribution in [1.29, 1.82) is 0 Å². The van der Waals surface area contributed by atoms with Gasteiger partial charge in [-0.25, -0.2) is 9.37 Å². The van der Waals surface area contributed by atoms with Crippen LogP contribution in [-0.2, 0) is 6.54 Å². The van der Waals surface area contributed by atoms with Crippen LogP contribution >= 0.6 is 0 Å². The molecule has 0 aliphatic heterocycles. The largest absolute Gasteiger partial charge is 0.368 e. The van der Waals surface area contributed by atoms with Crippen molar-refractivity contribution in [3.05, 3.63) is 84.3 Å². The zero-order valence-corrected chi connectivity index (χ0v) is 17.1. The van der Waals surface area contributed by atoms with Crippen molar-refractivity contribution in [1.82, 2.24) is 15.2 Å². The number of aromatic nitrogens is 3. The molecule has 5 N–H and O–H groups in total. The predicted octanol–water partition coefficient (Wildman–Crippen LogP) is 4.65. The number of benzene rings is 2. The van der Waals surface area contributed by atoms with E-state index in [0.717, 1.165) is 40.4 Å². The molecule has 0 saturated carbocycles. The van der Waals surface area contributed by atoms with Crippen molar-refractivity contribution in [2.45, 2.75) is 13.0 Å². The lowest BCUT2D eigenvalue weighted by Gasteiger charge is -2.11. The summed E-state index contributed by atoms with van der Waals surface area (Å²) >= 11 is 0. The van der Waals surface area contributed by atoms with Crippen LogP contribution in [-0.4, -0.2) is 28.3 Å². The fourth-order valence-electron chi connectivity index (χ4n) is 3.36. The Morgan fingerprint density at radius 2 is 1.74 bits per heavy atom. The van der Waals surface area contributed by atoms with Gasteiger partial charge in [0.05, 0.1) is 11.3 Å². The van der Waals surface area contributed by atoms with Crippen molar-refractivity contribution in [2.24, 2.45) is 5.73 Å². The molecule has 4 rings (SSSR count). The molecule has 0 atom stereocenters. The van der Waals surface area contributed by atoms with E-state index >= 15 is 0 Å². The first-order valence-corrected chi connectivity index (χ1v) is 10.3. The van der Waals surface area contributed by atoms with Crippen LogP contribution in [0, 0.1) is 5.82 Å². The lowest BCUT2D eigenvalue weighted by atomic mass is 10.0. The van der Waals surface area contributed by atoms with Crippen LogP contribution in [0.3, 0.4) is 0 Å². The molecule has 2 aromatic carbocycles. The van der Waals surface area contributed by atoms with E-state index in [2.05, 4.69) is 37.9 Å². The molecular formula is C24H25FN6. The van der Waals surface area contributed by atoms with Crippen molar-refractivity contribution in [2.75, 3.05) is 23.7 Å². The van der Waals surface area contributed by atoms with E-state index in [4.69, 9.17) is 5.73 Å². The quantitative estimate of drug-likeness (QED) is 0.298. The van der Waals surface area contributed by atoms with Gasteiger partial charge in [0.15, 0.2) is 5.82 Å². The Hall–Kier alpha value is -3.71. The average molecular weight is 417 g/mol. The number of hydrogen-bond acceptors (Lipinski definition) is 5. The van der Waals surface area contributed by atoms with Gasteiger partial charge in [0, 0.05) is 24.8 Å². The summed E-state index contributed by atoms with van der Waals surface area (Å²) in [5, 5.41) is 14.3. The summed E-state index contributed by atoms with van der Waals surface area (Å²) in [6.45, 7) is 1.98. The van der Waals surface area contributed by atoms with Gasteiger partial charge in [-0.2, -0.15) is 5.10 Å². The molecule has 0 aliphatic rings. The first-order chi connectivity index (χ1) is 15.2. The molecule has 0 fully saturated rings. The molecule has 158 valence electrons. The van der Waals surface area contributed by atoms with E-state index in [1.165, 1.54) is 17.7 Å². The molecule has 0 aliphatic carbocycles. The summed E-state index contributed by atoms with van der Waals surface area (Å²) in [6, 6.07) is 20.5. The number of hydrogen-bond donors (Lipinski definition) is 4. The highest BCUT2D eigenvalue weighted by molar-refractivity contribution is 5.89. The number of halogens is 1. The normalized spacial score (nSPS) is 10.8. The number of nitrogens with one attached hydrogen (secondary N) is 3. The van der Waals surface area contributed by atoms with Crippen LogP contribution in [0.25, 0.3) is 22.4 Å². The zero-order chi connectivity index (χ0) is 21.5. The zero-order valence-electron chi connectivity index (χ0n) is 17.1. The average Bonchev–Trinajstić information content (AvgIpc) is 3.23. The Kier molecular flexibility index (Phi) is 6.54.